The van der Waals surface area contributed by atoms with Crippen molar-refractivity contribution in [3.05, 3.63) is 180 Å². The summed E-state index contributed by atoms with van der Waals surface area (Å²) >= 11 is 0. The summed E-state index contributed by atoms with van der Waals surface area (Å²) in [6.07, 6.45) is 0. The van der Waals surface area contributed by atoms with Crippen LogP contribution < -0.4 is 33.2 Å². The van der Waals surface area contributed by atoms with E-state index in [0.717, 1.165) is 0 Å². The summed E-state index contributed by atoms with van der Waals surface area (Å²) in [6.45, 7) is 0. The molecule has 0 heterocycles. The van der Waals surface area contributed by atoms with Crippen molar-refractivity contribution in [3.8, 4) is 0 Å². The van der Waals surface area contributed by atoms with Crippen LogP contribution in [0.15, 0.2) is 146 Å². The minimum atomic E-state index is -0.541. The second-order valence-electron chi connectivity index (χ2n) is 10.7. The van der Waals surface area contributed by atoms with Crippen molar-refractivity contribution in [2.24, 2.45) is 0 Å². The first-order valence-electron chi connectivity index (χ1n) is 15.2. The average Bonchev–Trinajstić information content (AvgIpc) is 3.12. The number of carbonyl (C=O) groups is 3. The lowest BCUT2D eigenvalue weighted by atomic mass is 10.2. The van der Waals surface area contributed by atoms with Crippen molar-refractivity contribution in [2.45, 2.75) is 0 Å². The molecule has 3 amide bonds. The number of nitrogen functional groups attached to an aromatic ring is 3. The summed E-state index contributed by atoms with van der Waals surface area (Å²) in [7, 11) is 0. The Morgan fingerprint density at radius 3 is 1.29 bits per heavy atom. The second-order valence-corrected chi connectivity index (χ2v) is 10.7. The minimum absolute atomic E-state index is 0.0179. The standard InChI is InChI=1S/3C13H11FN2O/c14-10-3-1-9(2-4-10)13(17)16-12-7-5-11(15)6-8-12;14-10-3-1-2-9(8-10)13(17)16-12-6-4-11(15)5-7-12;14-12-4-2-1-3-11(12)13(17)16-10-7-5-9(15)6-8-10/h3*1-8H,15H2,(H,16,17). The molecule has 0 aliphatic carbocycles. The van der Waals surface area contributed by atoms with Crippen LogP contribution >= 0.6 is 0 Å². The quantitative estimate of drug-likeness (QED) is 0.0970. The lowest BCUT2D eigenvalue weighted by Gasteiger charge is -2.06. The average molecular weight is 691 g/mol. The molecule has 6 aromatic rings. The number of nitrogens with two attached hydrogens (primary N) is 3. The first-order valence-corrected chi connectivity index (χ1v) is 15.2. The van der Waals surface area contributed by atoms with Gasteiger partial charge in [0.05, 0.1) is 5.56 Å². The Morgan fingerprint density at radius 2 is 0.843 bits per heavy atom. The molecule has 6 rings (SSSR count). The number of rotatable bonds is 6. The van der Waals surface area contributed by atoms with Crippen LogP contribution in [0.4, 0.5) is 47.3 Å². The maximum absolute atomic E-state index is 13.3. The van der Waals surface area contributed by atoms with Crippen LogP contribution in [-0.4, -0.2) is 17.7 Å². The van der Waals surface area contributed by atoms with E-state index < -0.39 is 17.5 Å². The van der Waals surface area contributed by atoms with Crippen LogP contribution in [-0.2, 0) is 0 Å². The Kier molecular flexibility index (Phi) is 12.9. The number of benzene rings is 6. The highest BCUT2D eigenvalue weighted by Gasteiger charge is 2.11. The molecule has 258 valence electrons. The van der Waals surface area contributed by atoms with Gasteiger partial charge in [-0.05, 0) is 127 Å². The van der Waals surface area contributed by atoms with Gasteiger partial charge >= 0.3 is 0 Å². The van der Waals surface area contributed by atoms with Gasteiger partial charge in [0, 0.05) is 45.3 Å². The van der Waals surface area contributed by atoms with Gasteiger partial charge in [0.15, 0.2) is 0 Å². The number of carbonyl (C=O) groups excluding carboxylic acids is 3. The van der Waals surface area contributed by atoms with Crippen molar-refractivity contribution < 1.29 is 27.6 Å². The first kappa shape index (κ1) is 36.8. The molecule has 0 aliphatic heterocycles. The smallest absolute Gasteiger partial charge is 0.258 e. The van der Waals surface area contributed by atoms with Crippen LogP contribution in [0.3, 0.4) is 0 Å². The predicted octanol–water partition coefficient (Wildman–Crippen LogP) is 7.98. The lowest BCUT2D eigenvalue weighted by molar-refractivity contribution is 0.101. The van der Waals surface area contributed by atoms with E-state index in [4.69, 9.17) is 17.2 Å². The Labute approximate surface area is 291 Å². The summed E-state index contributed by atoms with van der Waals surface area (Å²) in [5, 5.41) is 7.93. The summed E-state index contributed by atoms with van der Waals surface area (Å²) in [4.78, 5) is 35.2. The highest BCUT2D eigenvalue weighted by atomic mass is 19.1. The minimum Gasteiger partial charge on any atom is -0.399 e. The zero-order valence-electron chi connectivity index (χ0n) is 26.9. The van der Waals surface area contributed by atoms with Crippen molar-refractivity contribution in [1.82, 2.24) is 0 Å². The zero-order valence-corrected chi connectivity index (χ0v) is 26.9. The van der Waals surface area contributed by atoms with Crippen molar-refractivity contribution in [1.29, 1.82) is 0 Å². The Hall–Kier alpha value is -7.08. The molecule has 0 radical (unpaired) electrons. The number of hydrogen-bond donors (Lipinski definition) is 6. The molecule has 9 N–H and O–H groups in total. The summed E-state index contributed by atoms with van der Waals surface area (Å²) < 4.78 is 38.9. The van der Waals surface area contributed by atoms with Crippen molar-refractivity contribution in [2.75, 3.05) is 33.2 Å². The van der Waals surface area contributed by atoms with Gasteiger partial charge in [0.2, 0.25) is 0 Å². The van der Waals surface area contributed by atoms with Crippen molar-refractivity contribution >= 4 is 51.8 Å². The topological polar surface area (TPSA) is 165 Å². The molecular weight excluding hydrogens is 657 g/mol. The van der Waals surface area contributed by atoms with E-state index >= 15 is 0 Å². The Bertz CT molecular complexity index is 2080. The fraction of sp³-hybridized carbons (Fsp3) is 0. The van der Waals surface area contributed by atoms with E-state index in [2.05, 4.69) is 16.0 Å². The number of amides is 3. The normalized spacial score (nSPS) is 9.94. The van der Waals surface area contributed by atoms with Crippen LogP contribution in [0.5, 0.6) is 0 Å². The number of nitrogens with one attached hydrogen (secondary N) is 3. The van der Waals surface area contributed by atoms with Gasteiger partial charge in [-0.2, -0.15) is 0 Å². The largest absolute Gasteiger partial charge is 0.399 e. The van der Waals surface area contributed by atoms with E-state index in [1.807, 2.05) is 0 Å². The number of anilines is 6. The van der Waals surface area contributed by atoms with Gasteiger partial charge in [-0.25, -0.2) is 13.2 Å². The third-order valence-electron chi connectivity index (χ3n) is 6.82. The molecule has 0 bridgehead atoms. The fourth-order valence-electron chi connectivity index (χ4n) is 4.18. The van der Waals surface area contributed by atoms with Gasteiger partial charge < -0.3 is 33.2 Å². The molecular formula is C39H33F3N6O3. The molecule has 0 aliphatic rings. The molecule has 0 saturated heterocycles. The molecule has 9 nitrogen and oxygen atoms in total. The molecule has 51 heavy (non-hydrogen) atoms. The summed E-state index contributed by atoms with van der Waals surface area (Å²) in [6, 6.07) is 36.9. The maximum Gasteiger partial charge on any atom is 0.258 e. The third-order valence-corrected chi connectivity index (χ3v) is 6.82. The van der Waals surface area contributed by atoms with Gasteiger partial charge in [0.1, 0.15) is 17.5 Å². The van der Waals surface area contributed by atoms with Gasteiger partial charge in [0.25, 0.3) is 17.7 Å². The molecule has 0 saturated carbocycles. The zero-order chi connectivity index (χ0) is 36.8. The molecule has 0 aromatic heterocycles. The summed E-state index contributed by atoms with van der Waals surface area (Å²) in [5.41, 5.74) is 21.0. The molecule has 0 spiro atoms. The van der Waals surface area contributed by atoms with Crippen LogP contribution in [0.25, 0.3) is 0 Å². The van der Waals surface area contributed by atoms with E-state index in [0.29, 0.717) is 39.7 Å². The van der Waals surface area contributed by atoms with Gasteiger partial charge in [-0.1, -0.05) is 18.2 Å². The fourth-order valence-corrected chi connectivity index (χ4v) is 4.18. The van der Waals surface area contributed by atoms with Gasteiger partial charge in [-0.15, -0.1) is 0 Å². The number of halogens is 3. The molecule has 0 unspecified atom stereocenters. The van der Waals surface area contributed by atoms with E-state index in [1.165, 1.54) is 60.7 Å². The Morgan fingerprint density at radius 1 is 0.412 bits per heavy atom. The highest BCUT2D eigenvalue weighted by Crippen LogP contribution is 2.15. The maximum atomic E-state index is 13.3. The lowest BCUT2D eigenvalue weighted by Crippen LogP contribution is -2.13. The second kappa shape index (κ2) is 17.9. The highest BCUT2D eigenvalue weighted by molar-refractivity contribution is 6.05. The third kappa shape index (κ3) is 11.8. The number of hydrogen-bond acceptors (Lipinski definition) is 6. The van der Waals surface area contributed by atoms with E-state index in [-0.39, 0.29) is 28.8 Å². The molecule has 0 atom stereocenters. The van der Waals surface area contributed by atoms with E-state index in [1.54, 1.807) is 84.9 Å². The monoisotopic (exact) mass is 690 g/mol. The van der Waals surface area contributed by atoms with Crippen LogP contribution in [0.1, 0.15) is 31.1 Å². The molecule has 0 fully saturated rings. The summed E-state index contributed by atoms with van der Waals surface area (Å²) in [5.74, 6) is -2.46. The first-order chi connectivity index (χ1) is 24.5. The van der Waals surface area contributed by atoms with Gasteiger partial charge in [-0.3, -0.25) is 14.4 Å². The van der Waals surface area contributed by atoms with Crippen LogP contribution in [0.2, 0.25) is 0 Å². The SMILES string of the molecule is Nc1ccc(NC(=O)c2ccc(F)cc2)cc1.Nc1ccc(NC(=O)c2cccc(F)c2)cc1.Nc1ccc(NC(=O)c2ccccc2F)cc1. The molecule has 6 aromatic carbocycles. The Balaban J connectivity index is 0.000000172. The molecule has 12 heteroatoms. The van der Waals surface area contributed by atoms with Crippen LogP contribution in [0, 0.1) is 17.5 Å². The van der Waals surface area contributed by atoms with Crippen molar-refractivity contribution in [3.63, 3.8) is 0 Å². The van der Waals surface area contributed by atoms with E-state index in [9.17, 15) is 27.6 Å². The predicted molar refractivity (Wildman–Crippen MR) is 196 cm³/mol.